The van der Waals surface area contributed by atoms with Gasteiger partial charge in [-0.25, -0.2) is 0 Å². The molecule has 0 aromatic heterocycles. The Balaban J connectivity index is 2.52. The lowest BCUT2D eigenvalue weighted by Crippen LogP contribution is -1.84. The summed E-state index contributed by atoms with van der Waals surface area (Å²) in [6, 6.07) is 18.1. The van der Waals surface area contributed by atoms with Crippen molar-refractivity contribution in [3.8, 4) is 17.2 Å². The van der Waals surface area contributed by atoms with E-state index in [1.165, 1.54) is 11.1 Å². The number of hydrogen-bond donors (Lipinski definition) is 0. The Bertz CT molecular complexity index is 507. The Kier molecular flexibility index (Phi) is 2.51. The number of nitriles is 1. The molecule has 0 bridgehead atoms. The van der Waals surface area contributed by atoms with Crippen LogP contribution in [0.1, 0.15) is 11.1 Å². The van der Waals surface area contributed by atoms with Gasteiger partial charge >= 0.3 is 0 Å². The van der Waals surface area contributed by atoms with Gasteiger partial charge in [-0.3, -0.25) is 0 Å². The van der Waals surface area contributed by atoms with Crippen molar-refractivity contribution in [2.45, 2.75) is 6.92 Å². The van der Waals surface area contributed by atoms with E-state index in [9.17, 15) is 0 Å². The maximum absolute atomic E-state index is 8.77. The molecule has 72 valence electrons. The van der Waals surface area contributed by atoms with Crippen LogP contribution >= 0.6 is 0 Å². The summed E-state index contributed by atoms with van der Waals surface area (Å²) in [6.07, 6.45) is 0. The van der Waals surface area contributed by atoms with Gasteiger partial charge in [0.1, 0.15) is 0 Å². The normalized spacial score (nSPS) is 9.60. The average Bonchev–Trinajstić information content (AvgIpc) is 2.30. The molecule has 1 nitrogen and oxygen atoms in total. The summed E-state index contributed by atoms with van der Waals surface area (Å²) in [5, 5.41) is 8.77. The quantitative estimate of drug-likeness (QED) is 0.679. The maximum atomic E-state index is 8.77. The molecule has 0 spiro atoms. The Hall–Kier alpha value is -2.07. The minimum Gasteiger partial charge on any atom is -0.192 e. The van der Waals surface area contributed by atoms with Crippen molar-refractivity contribution in [3.05, 3.63) is 59.7 Å². The summed E-state index contributed by atoms with van der Waals surface area (Å²) in [4.78, 5) is 0. The molecular weight excluding hydrogens is 182 g/mol. The van der Waals surface area contributed by atoms with E-state index in [4.69, 9.17) is 5.26 Å². The Morgan fingerprint density at radius 2 is 1.73 bits per heavy atom. The van der Waals surface area contributed by atoms with Gasteiger partial charge in [0.05, 0.1) is 11.6 Å². The largest absolute Gasteiger partial charge is 0.192 e. The van der Waals surface area contributed by atoms with Crippen molar-refractivity contribution in [3.63, 3.8) is 0 Å². The van der Waals surface area contributed by atoms with Crippen LogP contribution in [-0.2, 0) is 0 Å². The van der Waals surface area contributed by atoms with Gasteiger partial charge in [-0.15, -0.1) is 0 Å². The lowest BCUT2D eigenvalue weighted by Gasteiger charge is -2.05. The first kappa shape index (κ1) is 9.48. The Labute approximate surface area is 89.6 Å². The number of hydrogen-bond acceptors (Lipinski definition) is 1. The van der Waals surface area contributed by atoms with Crippen LogP contribution in [0, 0.1) is 18.3 Å². The lowest BCUT2D eigenvalue weighted by molar-refractivity contribution is 1.41. The standard InChI is InChI=1S/C14H11N/c1-11-9-12(10-15)7-8-14(11)13-5-3-2-4-6-13/h2-9H,1H3. The Morgan fingerprint density at radius 1 is 1.00 bits per heavy atom. The number of rotatable bonds is 1. The molecule has 0 fully saturated rings. The van der Waals surface area contributed by atoms with Crippen LogP contribution in [-0.4, -0.2) is 0 Å². The third kappa shape index (κ3) is 1.89. The van der Waals surface area contributed by atoms with Crippen molar-refractivity contribution in [2.24, 2.45) is 0 Å². The first-order valence-electron chi connectivity index (χ1n) is 4.87. The fourth-order valence-corrected chi connectivity index (χ4v) is 1.67. The molecular formula is C14H11N. The predicted molar refractivity (Wildman–Crippen MR) is 61.3 cm³/mol. The van der Waals surface area contributed by atoms with E-state index >= 15 is 0 Å². The van der Waals surface area contributed by atoms with E-state index in [0.717, 1.165) is 5.56 Å². The highest BCUT2D eigenvalue weighted by Gasteiger charge is 2.01. The molecule has 0 N–H and O–H groups in total. The molecule has 0 unspecified atom stereocenters. The van der Waals surface area contributed by atoms with Crippen molar-refractivity contribution >= 4 is 0 Å². The summed E-state index contributed by atoms with van der Waals surface area (Å²) in [5.74, 6) is 0. The summed E-state index contributed by atoms with van der Waals surface area (Å²) in [6.45, 7) is 2.03. The highest BCUT2D eigenvalue weighted by molar-refractivity contribution is 5.67. The van der Waals surface area contributed by atoms with Crippen molar-refractivity contribution in [1.82, 2.24) is 0 Å². The molecule has 2 rings (SSSR count). The third-order valence-corrected chi connectivity index (χ3v) is 2.44. The van der Waals surface area contributed by atoms with E-state index in [0.29, 0.717) is 5.56 Å². The zero-order chi connectivity index (χ0) is 10.7. The monoisotopic (exact) mass is 193 g/mol. The van der Waals surface area contributed by atoms with Gasteiger partial charge in [0.15, 0.2) is 0 Å². The van der Waals surface area contributed by atoms with Gasteiger partial charge in [0.25, 0.3) is 0 Å². The minimum atomic E-state index is 0.715. The summed E-state index contributed by atoms with van der Waals surface area (Å²) < 4.78 is 0. The molecule has 0 amide bonds. The Morgan fingerprint density at radius 3 is 2.33 bits per heavy atom. The first-order valence-corrected chi connectivity index (χ1v) is 4.87. The molecule has 2 aromatic rings. The number of nitrogens with zero attached hydrogens (tertiary/aromatic N) is 1. The second-order valence-electron chi connectivity index (χ2n) is 3.51. The fourth-order valence-electron chi connectivity index (χ4n) is 1.67. The van der Waals surface area contributed by atoms with Crippen LogP contribution in [0.5, 0.6) is 0 Å². The van der Waals surface area contributed by atoms with Crippen LogP contribution in [0.25, 0.3) is 11.1 Å². The molecule has 0 aliphatic heterocycles. The minimum absolute atomic E-state index is 0.715. The molecule has 1 heteroatoms. The van der Waals surface area contributed by atoms with Gasteiger partial charge in [-0.1, -0.05) is 36.4 Å². The second kappa shape index (κ2) is 3.98. The average molecular weight is 193 g/mol. The SMILES string of the molecule is Cc1cc(C#N)ccc1-c1ccccc1. The van der Waals surface area contributed by atoms with Crippen molar-refractivity contribution in [1.29, 1.82) is 5.26 Å². The van der Waals surface area contributed by atoms with Crippen LogP contribution < -0.4 is 0 Å². The number of aryl methyl sites for hydroxylation is 1. The van der Waals surface area contributed by atoms with E-state index in [2.05, 4.69) is 18.2 Å². The lowest BCUT2D eigenvalue weighted by atomic mass is 9.99. The number of benzene rings is 2. The first-order chi connectivity index (χ1) is 7.31. The molecule has 0 saturated heterocycles. The van der Waals surface area contributed by atoms with Gasteiger partial charge in [-0.05, 0) is 35.7 Å². The molecule has 0 aliphatic carbocycles. The van der Waals surface area contributed by atoms with Crippen LogP contribution in [0.3, 0.4) is 0 Å². The van der Waals surface area contributed by atoms with E-state index in [1.807, 2.05) is 43.3 Å². The second-order valence-corrected chi connectivity index (χ2v) is 3.51. The zero-order valence-corrected chi connectivity index (χ0v) is 8.57. The van der Waals surface area contributed by atoms with Crippen LogP contribution in [0.2, 0.25) is 0 Å². The molecule has 2 aromatic carbocycles. The molecule has 0 aliphatic rings. The maximum Gasteiger partial charge on any atom is 0.0991 e. The highest BCUT2D eigenvalue weighted by atomic mass is 14.2. The zero-order valence-electron chi connectivity index (χ0n) is 8.57. The fraction of sp³-hybridized carbons (Fsp3) is 0.0714. The summed E-state index contributed by atoms with van der Waals surface area (Å²) >= 11 is 0. The topological polar surface area (TPSA) is 23.8 Å². The smallest absolute Gasteiger partial charge is 0.0991 e. The van der Waals surface area contributed by atoms with E-state index in [-0.39, 0.29) is 0 Å². The molecule has 0 saturated carbocycles. The molecule has 0 heterocycles. The van der Waals surface area contributed by atoms with Crippen molar-refractivity contribution in [2.75, 3.05) is 0 Å². The molecule has 15 heavy (non-hydrogen) atoms. The van der Waals surface area contributed by atoms with Gasteiger partial charge < -0.3 is 0 Å². The third-order valence-electron chi connectivity index (χ3n) is 2.44. The van der Waals surface area contributed by atoms with E-state index in [1.54, 1.807) is 0 Å². The van der Waals surface area contributed by atoms with Gasteiger partial charge in [0, 0.05) is 0 Å². The van der Waals surface area contributed by atoms with Gasteiger partial charge in [-0.2, -0.15) is 5.26 Å². The van der Waals surface area contributed by atoms with Crippen molar-refractivity contribution < 1.29 is 0 Å². The highest BCUT2D eigenvalue weighted by Crippen LogP contribution is 2.23. The molecule has 0 atom stereocenters. The molecule has 0 radical (unpaired) electrons. The summed E-state index contributed by atoms with van der Waals surface area (Å²) in [5.41, 5.74) is 4.24. The van der Waals surface area contributed by atoms with Gasteiger partial charge in [0.2, 0.25) is 0 Å². The summed E-state index contributed by atoms with van der Waals surface area (Å²) in [7, 11) is 0. The van der Waals surface area contributed by atoms with Crippen LogP contribution in [0.4, 0.5) is 0 Å². The van der Waals surface area contributed by atoms with E-state index < -0.39 is 0 Å². The van der Waals surface area contributed by atoms with Crippen LogP contribution in [0.15, 0.2) is 48.5 Å². The predicted octanol–water partition coefficient (Wildman–Crippen LogP) is 3.53.